The predicted octanol–water partition coefficient (Wildman–Crippen LogP) is 2.92. The maximum absolute atomic E-state index is 11.6. The van der Waals surface area contributed by atoms with Crippen LogP contribution in [0.4, 0.5) is 0 Å². The van der Waals surface area contributed by atoms with Crippen molar-refractivity contribution in [3.05, 3.63) is 11.1 Å². The lowest BCUT2D eigenvalue weighted by atomic mass is 9.98. The summed E-state index contributed by atoms with van der Waals surface area (Å²) in [5.74, 6) is -1.51. The lowest BCUT2D eigenvalue weighted by Crippen LogP contribution is -2.13. The summed E-state index contributed by atoms with van der Waals surface area (Å²) in [6.45, 7) is 3.99. The number of carboxylic acids is 1. The van der Waals surface area contributed by atoms with Gasteiger partial charge in [-0.3, -0.25) is 0 Å². The summed E-state index contributed by atoms with van der Waals surface area (Å²) in [4.78, 5) is 22.7. The van der Waals surface area contributed by atoms with E-state index >= 15 is 0 Å². The Bertz CT molecular complexity index is 292. The standard InChI is InChI=1S/C13H22O4/c1-4-6-8-10(12(14)15)11(9-7-5-2)13(16)17-3/h4-9H2,1-3H3,(H,14,15)/b11-10-. The molecule has 0 amide bonds. The van der Waals surface area contributed by atoms with Gasteiger partial charge in [-0.25, -0.2) is 9.59 Å². The van der Waals surface area contributed by atoms with E-state index < -0.39 is 11.9 Å². The molecule has 0 spiro atoms. The summed E-state index contributed by atoms with van der Waals surface area (Å²) in [6, 6.07) is 0. The number of esters is 1. The first-order valence-corrected chi connectivity index (χ1v) is 6.12. The Morgan fingerprint density at radius 3 is 1.82 bits per heavy atom. The van der Waals surface area contributed by atoms with Gasteiger partial charge in [-0.1, -0.05) is 26.7 Å². The van der Waals surface area contributed by atoms with Gasteiger partial charge in [-0.2, -0.15) is 0 Å². The first-order valence-electron chi connectivity index (χ1n) is 6.12. The Labute approximate surface area is 103 Å². The molecule has 0 aliphatic rings. The summed E-state index contributed by atoms with van der Waals surface area (Å²) >= 11 is 0. The van der Waals surface area contributed by atoms with Gasteiger partial charge in [-0.15, -0.1) is 0 Å². The fourth-order valence-corrected chi connectivity index (χ4v) is 1.59. The predicted molar refractivity (Wildman–Crippen MR) is 65.7 cm³/mol. The lowest BCUT2D eigenvalue weighted by Gasteiger charge is -2.10. The van der Waals surface area contributed by atoms with Gasteiger partial charge < -0.3 is 9.84 Å². The molecular formula is C13H22O4. The molecule has 0 saturated heterocycles. The zero-order valence-electron chi connectivity index (χ0n) is 10.9. The minimum atomic E-state index is -1.00. The molecule has 0 unspecified atom stereocenters. The SMILES string of the molecule is CCCC/C(C(=O)O)=C(\CCCC)C(=O)OC. The highest BCUT2D eigenvalue weighted by atomic mass is 16.5. The fraction of sp³-hybridized carbons (Fsp3) is 0.692. The molecule has 0 fully saturated rings. The molecule has 0 aromatic rings. The third kappa shape index (κ3) is 5.52. The highest BCUT2D eigenvalue weighted by Crippen LogP contribution is 2.19. The molecule has 0 aromatic carbocycles. The summed E-state index contributed by atoms with van der Waals surface area (Å²) in [5.41, 5.74) is 0.544. The molecule has 0 aliphatic heterocycles. The first kappa shape index (κ1) is 15.7. The maximum Gasteiger partial charge on any atom is 0.334 e. The molecule has 0 atom stereocenters. The van der Waals surface area contributed by atoms with E-state index in [1.165, 1.54) is 7.11 Å². The second-order valence-electron chi connectivity index (χ2n) is 3.96. The molecule has 1 N–H and O–H groups in total. The normalized spacial score (nSPS) is 11.9. The fourth-order valence-electron chi connectivity index (χ4n) is 1.59. The summed E-state index contributed by atoms with van der Waals surface area (Å²) in [6.07, 6.45) is 4.30. The summed E-state index contributed by atoms with van der Waals surface area (Å²) < 4.78 is 4.66. The number of hydrogen-bond donors (Lipinski definition) is 1. The van der Waals surface area contributed by atoms with Crippen LogP contribution in [0.2, 0.25) is 0 Å². The molecule has 0 rings (SSSR count). The van der Waals surface area contributed by atoms with Crippen molar-refractivity contribution < 1.29 is 19.4 Å². The van der Waals surface area contributed by atoms with E-state index in [1.807, 2.05) is 13.8 Å². The minimum Gasteiger partial charge on any atom is -0.478 e. The van der Waals surface area contributed by atoms with Crippen LogP contribution in [0.5, 0.6) is 0 Å². The van der Waals surface area contributed by atoms with E-state index in [0.717, 1.165) is 25.7 Å². The largest absolute Gasteiger partial charge is 0.478 e. The van der Waals surface area contributed by atoms with Gasteiger partial charge in [-0.05, 0) is 25.7 Å². The van der Waals surface area contributed by atoms with Crippen molar-refractivity contribution in [1.82, 2.24) is 0 Å². The molecule has 0 radical (unpaired) electrons. The van der Waals surface area contributed by atoms with Gasteiger partial charge >= 0.3 is 11.9 Å². The number of carboxylic acid groups (broad SMARTS) is 1. The topological polar surface area (TPSA) is 63.6 Å². The number of ether oxygens (including phenoxy) is 1. The van der Waals surface area contributed by atoms with Crippen molar-refractivity contribution in [3.8, 4) is 0 Å². The Morgan fingerprint density at radius 1 is 1.00 bits per heavy atom. The van der Waals surface area contributed by atoms with Crippen LogP contribution in [0.3, 0.4) is 0 Å². The van der Waals surface area contributed by atoms with E-state index in [0.29, 0.717) is 18.4 Å². The van der Waals surface area contributed by atoms with E-state index in [4.69, 9.17) is 5.11 Å². The number of hydrogen-bond acceptors (Lipinski definition) is 3. The smallest absolute Gasteiger partial charge is 0.334 e. The number of methoxy groups -OCH3 is 1. The van der Waals surface area contributed by atoms with E-state index in [1.54, 1.807) is 0 Å². The van der Waals surface area contributed by atoms with E-state index in [-0.39, 0.29) is 5.57 Å². The third-order valence-electron chi connectivity index (χ3n) is 2.61. The van der Waals surface area contributed by atoms with Gasteiger partial charge in [0, 0.05) is 11.1 Å². The highest BCUT2D eigenvalue weighted by Gasteiger charge is 2.20. The van der Waals surface area contributed by atoms with E-state index in [9.17, 15) is 9.59 Å². The number of carbonyl (C=O) groups is 2. The van der Waals surface area contributed by atoms with Gasteiger partial charge in [0.05, 0.1) is 7.11 Å². The monoisotopic (exact) mass is 242 g/mol. The maximum atomic E-state index is 11.6. The number of aliphatic carboxylic acids is 1. The Morgan fingerprint density at radius 2 is 1.47 bits per heavy atom. The van der Waals surface area contributed by atoms with Crippen LogP contribution in [-0.4, -0.2) is 24.2 Å². The summed E-state index contributed by atoms with van der Waals surface area (Å²) in [7, 11) is 1.29. The van der Waals surface area contributed by atoms with Crippen LogP contribution in [0.25, 0.3) is 0 Å². The molecule has 0 aromatic heterocycles. The van der Waals surface area contributed by atoms with Crippen LogP contribution in [0.1, 0.15) is 52.4 Å². The van der Waals surface area contributed by atoms with Crippen molar-refractivity contribution in [2.45, 2.75) is 52.4 Å². The van der Waals surface area contributed by atoms with Crippen molar-refractivity contribution in [3.63, 3.8) is 0 Å². The minimum absolute atomic E-state index is 0.215. The van der Waals surface area contributed by atoms with Gasteiger partial charge in [0.2, 0.25) is 0 Å². The summed E-state index contributed by atoms with van der Waals surface area (Å²) in [5, 5.41) is 9.15. The Balaban J connectivity index is 5.07. The number of rotatable bonds is 8. The van der Waals surface area contributed by atoms with Crippen LogP contribution in [0.15, 0.2) is 11.1 Å². The second kappa shape index (κ2) is 8.79. The molecule has 17 heavy (non-hydrogen) atoms. The molecule has 4 heteroatoms. The number of carbonyl (C=O) groups excluding carboxylic acids is 1. The molecule has 0 saturated carbocycles. The lowest BCUT2D eigenvalue weighted by molar-refractivity contribution is -0.138. The van der Waals surface area contributed by atoms with Crippen molar-refractivity contribution >= 4 is 11.9 Å². The quantitative estimate of drug-likeness (QED) is 0.525. The second-order valence-corrected chi connectivity index (χ2v) is 3.96. The highest BCUT2D eigenvalue weighted by molar-refractivity contribution is 5.99. The van der Waals surface area contributed by atoms with E-state index in [2.05, 4.69) is 4.74 Å². The van der Waals surface area contributed by atoms with Crippen LogP contribution in [-0.2, 0) is 14.3 Å². The molecule has 0 aliphatic carbocycles. The average molecular weight is 242 g/mol. The molecule has 0 bridgehead atoms. The molecule has 4 nitrogen and oxygen atoms in total. The molecule has 0 heterocycles. The zero-order valence-corrected chi connectivity index (χ0v) is 10.9. The Kier molecular flexibility index (Phi) is 8.11. The van der Waals surface area contributed by atoms with Gasteiger partial charge in [0.1, 0.15) is 0 Å². The molecule has 98 valence electrons. The van der Waals surface area contributed by atoms with Gasteiger partial charge in [0.25, 0.3) is 0 Å². The Hall–Kier alpha value is -1.32. The third-order valence-corrected chi connectivity index (χ3v) is 2.61. The van der Waals surface area contributed by atoms with Crippen LogP contribution in [0, 0.1) is 0 Å². The molecular weight excluding hydrogens is 220 g/mol. The zero-order chi connectivity index (χ0) is 13.3. The van der Waals surface area contributed by atoms with Crippen molar-refractivity contribution in [1.29, 1.82) is 0 Å². The average Bonchev–Trinajstić information content (AvgIpc) is 2.32. The van der Waals surface area contributed by atoms with Crippen molar-refractivity contribution in [2.75, 3.05) is 7.11 Å². The first-order chi connectivity index (χ1) is 8.08. The number of unbranched alkanes of at least 4 members (excludes halogenated alkanes) is 2. The van der Waals surface area contributed by atoms with Crippen molar-refractivity contribution in [2.24, 2.45) is 0 Å². The van der Waals surface area contributed by atoms with Crippen LogP contribution < -0.4 is 0 Å². The van der Waals surface area contributed by atoms with Crippen LogP contribution >= 0.6 is 0 Å². The van der Waals surface area contributed by atoms with Gasteiger partial charge in [0.15, 0.2) is 0 Å².